The molecule has 0 N–H and O–H groups in total. The van der Waals surface area contributed by atoms with Gasteiger partial charge in [-0.25, -0.2) is 0 Å². The van der Waals surface area contributed by atoms with Crippen LogP contribution in [0.15, 0.2) is 29.1 Å². The summed E-state index contributed by atoms with van der Waals surface area (Å²) >= 11 is 0. The highest BCUT2D eigenvalue weighted by Crippen LogP contribution is 2.34. The van der Waals surface area contributed by atoms with Crippen LogP contribution in [0.4, 0.5) is 0 Å². The van der Waals surface area contributed by atoms with E-state index in [1.807, 2.05) is 19.1 Å². The third-order valence-electron chi connectivity index (χ3n) is 4.78. The maximum absolute atomic E-state index is 12.7. The number of Topliss-reactive ketones (excluding diaryl/α,β-unsaturated/α-hetero) is 1. The monoisotopic (exact) mass is 279 g/mol. The summed E-state index contributed by atoms with van der Waals surface area (Å²) in [5.74, 6) is 0.0264. The van der Waals surface area contributed by atoms with Crippen molar-refractivity contribution >= 4 is 5.78 Å². The normalized spacial score (nSPS) is 16.1. The summed E-state index contributed by atoms with van der Waals surface area (Å²) in [6.45, 7) is 2.72. The number of ketones is 1. The Hall–Kier alpha value is -2.16. The fourth-order valence-corrected chi connectivity index (χ4v) is 3.78. The molecule has 3 heteroatoms. The molecule has 3 nitrogen and oxygen atoms in total. The number of nitrogens with zero attached hydrogens (tertiary/aromatic N) is 1. The molecule has 0 radical (unpaired) electrons. The number of fused-ring (bicyclic) bond motifs is 5. The Labute approximate surface area is 123 Å². The van der Waals surface area contributed by atoms with E-state index in [9.17, 15) is 9.59 Å². The first kappa shape index (κ1) is 12.6. The molecule has 0 unspecified atom stereocenters. The molecule has 2 heterocycles. The van der Waals surface area contributed by atoms with Crippen LogP contribution in [0.1, 0.15) is 40.0 Å². The minimum Gasteiger partial charge on any atom is -0.343 e. The Kier molecular flexibility index (Phi) is 2.64. The van der Waals surface area contributed by atoms with Crippen molar-refractivity contribution in [3.63, 3.8) is 0 Å². The maximum atomic E-state index is 12.7. The predicted molar refractivity (Wildman–Crippen MR) is 81.8 cm³/mol. The van der Waals surface area contributed by atoms with Gasteiger partial charge in [0, 0.05) is 29.8 Å². The largest absolute Gasteiger partial charge is 0.343 e. The van der Waals surface area contributed by atoms with E-state index in [0.29, 0.717) is 12.0 Å². The minimum absolute atomic E-state index is 0.0264. The van der Waals surface area contributed by atoms with Crippen LogP contribution in [-0.2, 0) is 19.4 Å². The molecular formula is C18H17NO2. The number of carbonyl (C=O) groups is 1. The summed E-state index contributed by atoms with van der Waals surface area (Å²) < 4.78 is 2.23. The summed E-state index contributed by atoms with van der Waals surface area (Å²) in [5, 5.41) is 0. The smallest absolute Gasteiger partial charge is 0.196 e. The second-order valence-corrected chi connectivity index (χ2v) is 5.96. The molecule has 1 aromatic carbocycles. The van der Waals surface area contributed by atoms with Gasteiger partial charge in [-0.05, 0) is 31.7 Å². The quantitative estimate of drug-likeness (QED) is 0.744. The summed E-state index contributed by atoms with van der Waals surface area (Å²) in [6.07, 6.45) is 3.17. The molecule has 0 saturated heterocycles. The Bertz CT molecular complexity index is 830. The van der Waals surface area contributed by atoms with Gasteiger partial charge in [0.15, 0.2) is 11.2 Å². The SMILES string of the molecule is Cc1c2n(c3c(c1=O)C(=O)CCC3)CCc1ccccc1-2. The van der Waals surface area contributed by atoms with Gasteiger partial charge in [-0.15, -0.1) is 0 Å². The highest BCUT2D eigenvalue weighted by Gasteiger charge is 2.29. The van der Waals surface area contributed by atoms with E-state index >= 15 is 0 Å². The number of hydrogen-bond donors (Lipinski definition) is 0. The second-order valence-electron chi connectivity index (χ2n) is 5.96. The van der Waals surface area contributed by atoms with E-state index in [-0.39, 0.29) is 11.2 Å². The van der Waals surface area contributed by atoms with Crippen molar-refractivity contribution in [1.82, 2.24) is 4.57 Å². The highest BCUT2D eigenvalue weighted by molar-refractivity contribution is 5.98. The van der Waals surface area contributed by atoms with Gasteiger partial charge in [0.05, 0.1) is 11.3 Å². The summed E-state index contributed by atoms with van der Waals surface area (Å²) in [4.78, 5) is 24.8. The Morgan fingerprint density at radius 2 is 1.86 bits per heavy atom. The van der Waals surface area contributed by atoms with E-state index in [0.717, 1.165) is 48.3 Å². The first-order chi connectivity index (χ1) is 10.2. The lowest BCUT2D eigenvalue weighted by molar-refractivity contribution is 0.0969. The molecule has 0 fully saturated rings. The fourth-order valence-electron chi connectivity index (χ4n) is 3.78. The van der Waals surface area contributed by atoms with E-state index in [2.05, 4.69) is 16.7 Å². The first-order valence-electron chi connectivity index (χ1n) is 7.56. The van der Waals surface area contributed by atoms with Crippen molar-refractivity contribution in [2.45, 2.75) is 39.2 Å². The van der Waals surface area contributed by atoms with Crippen LogP contribution >= 0.6 is 0 Å². The molecule has 1 aliphatic carbocycles. The van der Waals surface area contributed by atoms with Crippen LogP contribution in [0.25, 0.3) is 11.3 Å². The fraction of sp³-hybridized carbons (Fsp3) is 0.333. The second kappa shape index (κ2) is 4.42. The minimum atomic E-state index is -0.0577. The molecule has 21 heavy (non-hydrogen) atoms. The van der Waals surface area contributed by atoms with E-state index in [1.54, 1.807) is 0 Å². The standard InChI is InChI=1S/C18H17NO2/c1-11-17-13-6-3-2-5-12(13)9-10-19(17)14-7-4-8-15(20)16(14)18(11)21/h2-3,5-6H,4,7-10H2,1H3. The third-order valence-corrected chi connectivity index (χ3v) is 4.78. The number of hydrogen-bond acceptors (Lipinski definition) is 2. The zero-order valence-corrected chi connectivity index (χ0v) is 12.1. The Morgan fingerprint density at radius 3 is 2.71 bits per heavy atom. The Balaban J connectivity index is 2.12. The summed E-state index contributed by atoms with van der Waals surface area (Å²) in [5.41, 5.74) is 5.55. The van der Waals surface area contributed by atoms with Crippen molar-refractivity contribution in [3.05, 3.63) is 56.9 Å². The molecule has 0 spiro atoms. The lowest BCUT2D eigenvalue weighted by Crippen LogP contribution is -2.31. The van der Waals surface area contributed by atoms with E-state index < -0.39 is 0 Å². The molecule has 2 aliphatic rings. The van der Waals surface area contributed by atoms with Crippen molar-refractivity contribution in [2.24, 2.45) is 0 Å². The van der Waals surface area contributed by atoms with Crippen LogP contribution in [0.2, 0.25) is 0 Å². The van der Waals surface area contributed by atoms with Gasteiger partial charge >= 0.3 is 0 Å². The molecule has 2 aromatic rings. The zero-order valence-electron chi connectivity index (χ0n) is 12.1. The summed E-state index contributed by atoms with van der Waals surface area (Å²) in [6, 6.07) is 8.28. The van der Waals surface area contributed by atoms with Gasteiger partial charge in [0.25, 0.3) is 0 Å². The third kappa shape index (κ3) is 1.67. The summed E-state index contributed by atoms with van der Waals surface area (Å²) in [7, 11) is 0. The van der Waals surface area contributed by atoms with Gasteiger partial charge in [-0.2, -0.15) is 0 Å². The van der Waals surface area contributed by atoms with Crippen molar-refractivity contribution in [2.75, 3.05) is 0 Å². The molecule has 4 rings (SSSR count). The molecule has 0 amide bonds. The zero-order chi connectivity index (χ0) is 14.6. The number of aromatic nitrogens is 1. The van der Waals surface area contributed by atoms with Crippen molar-refractivity contribution in [3.8, 4) is 11.3 Å². The highest BCUT2D eigenvalue weighted by atomic mass is 16.1. The molecule has 0 atom stereocenters. The van der Waals surface area contributed by atoms with Gasteiger partial charge in [0.1, 0.15) is 0 Å². The number of aryl methyl sites for hydroxylation is 1. The predicted octanol–water partition coefficient (Wildman–Crippen LogP) is 2.90. The topological polar surface area (TPSA) is 39.1 Å². The maximum Gasteiger partial charge on any atom is 0.196 e. The molecule has 106 valence electrons. The van der Waals surface area contributed by atoms with Crippen LogP contribution in [0.3, 0.4) is 0 Å². The number of pyridine rings is 1. The van der Waals surface area contributed by atoms with Gasteiger partial charge in [-0.3, -0.25) is 9.59 Å². The van der Waals surface area contributed by atoms with Crippen LogP contribution < -0.4 is 5.43 Å². The number of benzene rings is 1. The van der Waals surface area contributed by atoms with Crippen LogP contribution in [-0.4, -0.2) is 10.4 Å². The lowest BCUT2D eigenvalue weighted by atomic mass is 9.87. The van der Waals surface area contributed by atoms with Gasteiger partial charge in [-0.1, -0.05) is 24.3 Å². The van der Waals surface area contributed by atoms with Crippen LogP contribution in [0.5, 0.6) is 0 Å². The van der Waals surface area contributed by atoms with Gasteiger partial charge in [0.2, 0.25) is 0 Å². The average Bonchev–Trinajstić information content (AvgIpc) is 2.51. The lowest BCUT2D eigenvalue weighted by Gasteiger charge is -2.30. The number of rotatable bonds is 0. The molecule has 0 bridgehead atoms. The molecular weight excluding hydrogens is 262 g/mol. The molecule has 0 saturated carbocycles. The first-order valence-corrected chi connectivity index (χ1v) is 7.56. The molecule has 1 aliphatic heterocycles. The van der Waals surface area contributed by atoms with Crippen molar-refractivity contribution < 1.29 is 4.79 Å². The Morgan fingerprint density at radius 1 is 1.05 bits per heavy atom. The molecule has 1 aromatic heterocycles. The van der Waals surface area contributed by atoms with E-state index in [4.69, 9.17) is 0 Å². The van der Waals surface area contributed by atoms with Gasteiger partial charge < -0.3 is 4.57 Å². The van der Waals surface area contributed by atoms with Crippen molar-refractivity contribution in [1.29, 1.82) is 0 Å². The average molecular weight is 279 g/mol. The number of carbonyl (C=O) groups excluding carboxylic acids is 1. The van der Waals surface area contributed by atoms with E-state index in [1.165, 1.54) is 5.56 Å². The van der Waals surface area contributed by atoms with Crippen LogP contribution in [0, 0.1) is 6.92 Å².